The minimum absolute atomic E-state index is 0.0241. The average Bonchev–Trinajstić information content (AvgIpc) is 3.34. The van der Waals surface area contributed by atoms with Crippen LogP contribution in [0.5, 0.6) is 23.0 Å². The van der Waals surface area contributed by atoms with E-state index in [9.17, 15) is 20.4 Å². The molecule has 194 valence electrons. The van der Waals surface area contributed by atoms with Gasteiger partial charge in [-0.2, -0.15) is 0 Å². The maximum absolute atomic E-state index is 10.8. The van der Waals surface area contributed by atoms with E-state index >= 15 is 0 Å². The first-order valence-corrected chi connectivity index (χ1v) is 12.3. The molecule has 4 aliphatic rings. The molecule has 1 saturated heterocycles. The fraction of sp³-hybridized carbons (Fsp3) is 0.538. The van der Waals surface area contributed by atoms with E-state index in [0.29, 0.717) is 5.75 Å². The smallest absolute Gasteiger partial charge is 0.231 e. The van der Waals surface area contributed by atoms with Gasteiger partial charge in [0.05, 0.1) is 31.9 Å². The van der Waals surface area contributed by atoms with Crippen LogP contribution in [0.15, 0.2) is 24.3 Å². The number of aliphatic hydroxyl groups is 3. The van der Waals surface area contributed by atoms with Gasteiger partial charge in [0, 0.05) is 24.8 Å². The van der Waals surface area contributed by atoms with Crippen molar-refractivity contribution in [2.45, 2.75) is 56.5 Å². The lowest BCUT2D eigenvalue weighted by molar-refractivity contribution is -0.956. The Bertz CT molecular complexity index is 1160. The maximum atomic E-state index is 10.8. The van der Waals surface area contributed by atoms with Gasteiger partial charge >= 0.3 is 0 Å². The van der Waals surface area contributed by atoms with E-state index in [-0.39, 0.29) is 38.4 Å². The topological polar surface area (TPSA) is 127 Å². The molecule has 4 N–H and O–H groups in total. The fourth-order valence-corrected chi connectivity index (χ4v) is 6.00. The molecule has 10 heteroatoms. The lowest BCUT2D eigenvalue weighted by Crippen LogP contribution is -2.53. The number of hydrogen-bond acceptors (Lipinski definition) is 9. The largest absolute Gasteiger partial charge is 0.504 e. The zero-order valence-corrected chi connectivity index (χ0v) is 20.1. The van der Waals surface area contributed by atoms with Crippen molar-refractivity contribution in [3.63, 3.8) is 0 Å². The number of rotatable bonds is 5. The summed E-state index contributed by atoms with van der Waals surface area (Å²) in [5.41, 5.74) is 4.71. The Hall–Kier alpha value is -2.60. The SMILES string of the molecule is C[N+]12CCc3cc(OCOC4O[C@H](CO)[C@@H](O)C[C@H]4O)c(O)cc3C1Cc1ccc3c(c1C2)OCO3. The zero-order chi connectivity index (χ0) is 25.0. The number of nitrogens with zero attached hydrogens (tertiary/aromatic N) is 1. The van der Waals surface area contributed by atoms with Gasteiger partial charge in [0.15, 0.2) is 36.1 Å². The highest BCUT2D eigenvalue weighted by Crippen LogP contribution is 2.49. The number of fused-ring (bicyclic) bond motifs is 6. The molecule has 0 saturated carbocycles. The molecule has 0 bridgehead atoms. The number of hydrogen-bond donors (Lipinski definition) is 4. The van der Waals surface area contributed by atoms with Gasteiger partial charge in [-0.05, 0) is 29.3 Å². The lowest BCUT2D eigenvalue weighted by atomic mass is 9.81. The Labute approximate surface area is 208 Å². The predicted octanol–water partition coefficient (Wildman–Crippen LogP) is 1.10. The van der Waals surface area contributed by atoms with Gasteiger partial charge < -0.3 is 48.6 Å². The summed E-state index contributed by atoms with van der Waals surface area (Å²) >= 11 is 0. The first-order chi connectivity index (χ1) is 17.4. The van der Waals surface area contributed by atoms with Crippen molar-refractivity contribution < 1.29 is 48.6 Å². The Kier molecular flexibility index (Phi) is 5.98. The van der Waals surface area contributed by atoms with Crippen LogP contribution in [0, 0.1) is 0 Å². The summed E-state index contributed by atoms with van der Waals surface area (Å²) < 4.78 is 28.8. The third kappa shape index (κ3) is 3.98. The molecule has 6 rings (SSSR count). The molecule has 36 heavy (non-hydrogen) atoms. The van der Waals surface area contributed by atoms with Crippen LogP contribution in [0.3, 0.4) is 0 Å². The van der Waals surface area contributed by atoms with Crippen molar-refractivity contribution in [1.82, 2.24) is 0 Å². The highest BCUT2D eigenvalue weighted by Gasteiger charge is 2.45. The Morgan fingerprint density at radius 1 is 1.11 bits per heavy atom. The molecule has 0 spiro atoms. The van der Waals surface area contributed by atoms with Crippen molar-refractivity contribution in [2.24, 2.45) is 0 Å². The van der Waals surface area contributed by atoms with Gasteiger partial charge in [0.25, 0.3) is 0 Å². The van der Waals surface area contributed by atoms with Crippen molar-refractivity contribution in [3.05, 3.63) is 46.5 Å². The van der Waals surface area contributed by atoms with Crippen LogP contribution in [0.25, 0.3) is 0 Å². The van der Waals surface area contributed by atoms with Gasteiger partial charge in [-0.15, -0.1) is 0 Å². The molecule has 2 aromatic carbocycles. The fourth-order valence-electron chi connectivity index (χ4n) is 6.00. The molecule has 4 aliphatic heterocycles. The number of aliphatic hydroxyl groups excluding tert-OH is 3. The summed E-state index contributed by atoms with van der Waals surface area (Å²) in [6, 6.07) is 7.96. The Morgan fingerprint density at radius 2 is 1.97 bits per heavy atom. The lowest BCUT2D eigenvalue weighted by Gasteiger charge is -2.49. The zero-order valence-electron chi connectivity index (χ0n) is 20.1. The Balaban J connectivity index is 1.18. The second-order valence-corrected chi connectivity index (χ2v) is 10.3. The summed E-state index contributed by atoms with van der Waals surface area (Å²) in [5, 5.41) is 40.0. The molecule has 1 fully saturated rings. The second kappa shape index (κ2) is 9.05. The molecule has 0 amide bonds. The van der Waals surface area contributed by atoms with Crippen LogP contribution in [0.2, 0.25) is 0 Å². The van der Waals surface area contributed by atoms with Crippen molar-refractivity contribution >= 4 is 0 Å². The summed E-state index contributed by atoms with van der Waals surface area (Å²) in [5.74, 6) is 2.01. The first kappa shape index (κ1) is 23.8. The van der Waals surface area contributed by atoms with Crippen molar-refractivity contribution in [2.75, 3.05) is 33.8 Å². The Morgan fingerprint density at radius 3 is 2.81 bits per heavy atom. The van der Waals surface area contributed by atoms with Crippen molar-refractivity contribution in [1.29, 1.82) is 0 Å². The van der Waals surface area contributed by atoms with Gasteiger partial charge in [-0.25, -0.2) is 0 Å². The van der Waals surface area contributed by atoms with Gasteiger partial charge in [-0.1, -0.05) is 6.07 Å². The standard InChI is InChI=1S/C26H31NO9/c1-27-5-4-15-7-23(33-13-35-26-21(31)9-20(30)24(11-28)36-26)19(29)8-16(15)18(27)6-14-2-3-22-25(17(14)10-27)34-12-32-22/h2-3,7-8,18,20-21,24,26,28,30-31H,4-6,9-13H2,1H3/p+1/t18?,20-,21+,24+,26?,27?/m0/s1. The van der Waals surface area contributed by atoms with E-state index < -0.39 is 24.6 Å². The van der Waals surface area contributed by atoms with E-state index in [2.05, 4.69) is 13.1 Å². The van der Waals surface area contributed by atoms with E-state index in [1.54, 1.807) is 6.07 Å². The van der Waals surface area contributed by atoms with Crippen LogP contribution < -0.4 is 14.2 Å². The van der Waals surface area contributed by atoms with Crippen LogP contribution >= 0.6 is 0 Å². The predicted molar refractivity (Wildman–Crippen MR) is 125 cm³/mol. The molecular weight excluding hydrogens is 470 g/mol. The van der Waals surface area contributed by atoms with Crippen LogP contribution in [0.4, 0.5) is 0 Å². The number of quaternary nitrogens is 1. The van der Waals surface area contributed by atoms with Crippen LogP contribution in [-0.2, 0) is 28.9 Å². The molecule has 3 unspecified atom stereocenters. The van der Waals surface area contributed by atoms with Crippen LogP contribution in [-0.4, -0.2) is 83.3 Å². The molecule has 0 aromatic heterocycles. The second-order valence-electron chi connectivity index (χ2n) is 10.3. The van der Waals surface area contributed by atoms with Gasteiger partial charge in [-0.3, -0.25) is 0 Å². The van der Waals surface area contributed by atoms with Gasteiger partial charge in [0.2, 0.25) is 6.79 Å². The highest BCUT2D eigenvalue weighted by atomic mass is 16.8. The highest BCUT2D eigenvalue weighted by molar-refractivity contribution is 5.54. The number of phenols is 1. The van der Waals surface area contributed by atoms with Crippen LogP contribution in [0.1, 0.15) is 34.7 Å². The van der Waals surface area contributed by atoms with Crippen molar-refractivity contribution in [3.8, 4) is 23.0 Å². The molecule has 10 nitrogen and oxygen atoms in total. The third-order valence-electron chi connectivity index (χ3n) is 8.06. The van der Waals surface area contributed by atoms with E-state index in [4.69, 9.17) is 23.7 Å². The van der Waals surface area contributed by atoms with E-state index in [0.717, 1.165) is 53.0 Å². The summed E-state index contributed by atoms with van der Waals surface area (Å²) in [6.07, 6.45) is -2.18. The summed E-state index contributed by atoms with van der Waals surface area (Å²) in [4.78, 5) is 0. The first-order valence-electron chi connectivity index (χ1n) is 12.3. The quantitative estimate of drug-likeness (QED) is 0.351. The summed E-state index contributed by atoms with van der Waals surface area (Å²) in [6.45, 7) is 1.39. The summed E-state index contributed by atoms with van der Waals surface area (Å²) in [7, 11) is 2.26. The number of ether oxygens (including phenoxy) is 5. The normalized spacial score (nSPS) is 32.4. The molecule has 0 aliphatic carbocycles. The molecule has 6 atom stereocenters. The third-order valence-corrected chi connectivity index (χ3v) is 8.06. The average molecular weight is 503 g/mol. The minimum atomic E-state index is -1.05. The minimum Gasteiger partial charge on any atom is -0.504 e. The number of aromatic hydroxyl groups is 1. The number of benzene rings is 2. The van der Waals surface area contributed by atoms with E-state index in [1.807, 2.05) is 12.1 Å². The monoisotopic (exact) mass is 502 g/mol. The molecule has 4 heterocycles. The number of likely N-dealkylation sites (N-methyl/N-ethyl adjacent to an activating group) is 1. The van der Waals surface area contributed by atoms with E-state index in [1.165, 1.54) is 11.1 Å². The maximum Gasteiger partial charge on any atom is 0.231 e. The molecule has 0 radical (unpaired) electrons. The molecule has 2 aromatic rings. The van der Waals surface area contributed by atoms with Gasteiger partial charge in [0.1, 0.15) is 24.8 Å². The molecular formula is C26H32NO9+. The number of phenolic OH excluding ortho intramolecular Hbond substituents is 1.